The zero-order valence-electron chi connectivity index (χ0n) is 15.9. The molecule has 0 radical (unpaired) electrons. The van der Waals surface area contributed by atoms with Crippen molar-refractivity contribution in [1.82, 2.24) is 14.9 Å². The summed E-state index contributed by atoms with van der Waals surface area (Å²) in [7, 11) is -3.57. The molecule has 0 atom stereocenters. The monoisotopic (exact) mass is 397 g/mol. The van der Waals surface area contributed by atoms with Gasteiger partial charge in [0.05, 0.1) is 0 Å². The van der Waals surface area contributed by atoms with Gasteiger partial charge in [-0.05, 0) is 31.4 Å². The summed E-state index contributed by atoms with van der Waals surface area (Å²) in [5, 5.41) is 0. The number of hydrogen-bond acceptors (Lipinski definition) is 6. The molecule has 1 aromatic carbocycles. The molecular formula is C20H23N5O2S. The van der Waals surface area contributed by atoms with Gasteiger partial charge in [0.15, 0.2) is 5.84 Å². The quantitative estimate of drug-likeness (QED) is 0.790. The Morgan fingerprint density at radius 1 is 1.04 bits per heavy atom. The maximum atomic E-state index is 12.3. The van der Waals surface area contributed by atoms with Crippen molar-refractivity contribution >= 4 is 21.7 Å². The highest BCUT2D eigenvalue weighted by Crippen LogP contribution is 2.38. The zero-order valence-corrected chi connectivity index (χ0v) is 16.7. The molecule has 0 unspecified atom stereocenters. The Morgan fingerprint density at radius 3 is 2.46 bits per heavy atom. The minimum absolute atomic E-state index is 0.310. The van der Waals surface area contributed by atoms with Crippen LogP contribution in [-0.2, 0) is 16.4 Å². The Morgan fingerprint density at radius 2 is 1.75 bits per heavy atom. The molecule has 1 saturated heterocycles. The Hall–Kier alpha value is -2.48. The van der Waals surface area contributed by atoms with E-state index < -0.39 is 10.0 Å². The highest BCUT2D eigenvalue weighted by Gasteiger charge is 2.33. The summed E-state index contributed by atoms with van der Waals surface area (Å²) < 4.78 is 28.7. The molecule has 28 heavy (non-hydrogen) atoms. The molecule has 0 N–H and O–H groups in total. The molecule has 0 bridgehead atoms. The van der Waals surface area contributed by atoms with Crippen molar-refractivity contribution in [3.05, 3.63) is 47.4 Å². The number of piperazine rings is 1. The first kappa shape index (κ1) is 17.6. The third-order valence-corrected chi connectivity index (χ3v) is 6.93. The number of sulfonamides is 1. The van der Waals surface area contributed by atoms with Crippen LogP contribution in [0.4, 0.5) is 5.82 Å². The Balaban J connectivity index is 1.36. The number of aryl methyl sites for hydroxylation is 1. The number of nitrogens with zero attached hydrogens (tertiary/aromatic N) is 5. The zero-order chi connectivity index (χ0) is 19.3. The molecule has 5 rings (SSSR count). The van der Waals surface area contributed by atoms with E-state index in [1.54, 1.807) is 12.1 Å². The Labute approximate surface area is 165 Å². The van der Waals surface area contributed by atoms with E-state index in [4.69, 9.17) is 9.97 Å². The van der Waals surface area contributed by atoms with Crippen molar-refractivity contribution in [3.8, 4) is 0 Å². The molecule has 0 amide bonds. The van der Waals surface area contributed by atoms with Crippen LogP contribution in [0.25, 0.3) is 0 Å². The molecule has 2 aromatic rings. The second kappa shape index (κ2) is 6.55. The topological polar surface area (TPSA) is 78.8 Å². The summed E-state index contributed by atoms with van der Waals surface area (Å²) in [6.45, 7) is 5.12. The van der Waals surface area contributed by atoms with Gasteiger partial charge in [-0.15, -0.1) is 4.40 Å². The molecule has 7 nitrogen and oxygen atoms in total. The van der Waals surface area contributed by atoms with Crippen LogP contribution >= 0.6 is 0 Å². The third kappa shape index (κ3) is 3.05. The summed E-state index contributed by atoms with van der Waals surface area (Å²) in [4.78, 5) is 14.2. The summed E-state index contributed by atoms with van der Waals surface area (Å²) in [5.41, 5.74) is 1.80. The van der Waals surface area contributed by atoms with Crippen molar-refractivity contribution in [2.75, 3.05) is 31.1 Å². The summed E-state index contributed by atoms with van der Waals surface area (Å²) in [6, 6.07) is 9.16. The molecule has 8 heteroatoms. The second-order valence-electron chi connectivity index (χ2n) is 7.56. The summed E-state index contributed by atoms with van der Waals surface area (Å²) in [6.07, 6.45) is 3.28. The van der Waals surface area contributed by atoms with Crippen molar-refractivity contribution in [2.45, 2.75) is 37.0 Å². The lowest BCUT2D eigenvalue weighted by Crippen LogP contribution is -2.49. The van der Waals surface area contributed by atoms with Crippen LogP contribution in [0.1, 0.15) is 42.8 Å². The average molecular weight is 398 g/mol. The number of aromatic nitrogens is 2. The van der Waals surface area contributed by atoms with Crippen molar-refractivity contribution in [2.24, 2.45) is 4.40 Å². The molecule has 3 aliphatic rings. The first-order valence-electron chi connectivity index (χ1n) is 9.87. The van der Waals surface area contributed by atoms with Crippen molar-refractivity contribution in [1.29, 1.82) is 0 Å². The first-order valence-corrected chi connectivity index (χ1v) is 11.3. The predicted octanol–water partition coefficient (Wildman–Crippen LogP) is 2.19. The molecule has 0 spiro atoms. The van der Waals surface area contributed by atoms with Gasteiger partial charge in [0.25, 0.3) is 10.0 Å². The van der Waals surface area contributed by atoms with Crippen LogP contribution in [-0.4, -0.2) is 55.3 Å². The van der Waals surface area contributed by atoms with E-state index in [1.165, 1.54) is 12.8 Å². The van der Waals surface area contributed by atoms with E-state index in [2.05, 4.69) is 27.2 Å². The number of fused-ring (bicyclic) bond motifs is 1. The number of amidine groups is 1. The van der Waals surface area contributed by atoms with Gasteiger partial charge in [0.1, 0.15) is 16.5 Å². The highest BCUT2D eigenvalue weighted by atomic mass is 32.2. The summed E-state index contributed by atoms with van der Waals surface area (Å²) in [5.74, 6) is 3.08. The van der Waals surface area contributed by atoms with Gasteiger partial charge in [0, 0.05) is 49.4 Å². The molecular weight excluding hydrogens is 374 g/mol. The maximum Gasteiger partial charge on any atom is 0.285 e. The normalized spacial score (nSPS) is 20.8. The molecule has 2 fully saturated rings. The van der Waals surface area contributed by atoms with E-state index in [-0.39, 0.29) is 0 Å². The van der Waals surface area contributed by atoms with Crippen LogP contribution in [0.2, 0.25) is 0 Å². The highest BCUT2D eigenvalue weighted by molar-refractivity contribution is 7.90. The number of benzene rings is 1. The third-order valence-electron chi connectivity index (χ3n) is 5.60. The minimum Gasteiger partial charge on any atom is -0.353 e. The number of anilines is 1. The molecule has 2 aliphatic heterocycles. The number of rotatable bonds is 3. The smallest absolute Gasteiger partial charge is 0.285 e. The lowest BCUT2D eigenvalue weighted by molar-refractivity contribution is 0.385. The van der Waals surface area contributed by atoms with E-state index in [9.17, 15) is 8.42 Å². The number of hydrogen-bond donors (Lipinski definition) is 0. The van der Waals surface area contributed by atoms with Crippen LogP contribution in [0.15, 0.2) is 39.6 Å². The fourth-order valence-corrected chi connectivity index (χ4v) is 5.06. The SMILES string of the molecule is CCc1cc(N2CCN(C3=NS(=O)(=O)c4ccccc43)CC2)nc(C2CC2)n1. The predicted molar refractivity (Wildman–Crippen MR) is 107 cm³/mol. The van der Waals surface area contributed by atoms with Gasteiger partial charge in [-0.2, -0.15) is 8.42 Å². The van der Waals surface area contributed by atoms with Gasteiger partial charge in [0.2, 0.25) is 0 Å². The van der Waals surface area contributed by atoms with E-state index in [0.29, 0.717) is 35.3 Å². The largest absolute Gasteiger partial charge is 0.353 e. The van der Waals surface area contributed by atoms with Gasteiger partial charge >= 0.3 is 0 Å². The van der Waals surface area contributed by atoms with Gasteiger partial charge < -0.3 is 9.80 Å². The lowest BCUT2D eigenvalue weighted by atomic mass is 10.1. The van der Waals surface area contributed by atoms with Crippen LogP contribution in [0.5, 0.6) is 0 Å². The van der Waals surface area contributed by atoms with Crippen molar-refractivity contribution in [3.63, 3.8) is 0 Å². The van der Waals surface area contributed by atoms with Crippen LogP contribution in [0, 0.1) is 0 Å². The summed E-state index contributed by atoms with van der Waals surface area (Å²) >= 11 is 0. The maximum absolute atomic E-state index is 12.3. The Kier molecular flexibility index (Phi) is 4.12. The molecule has 1 aromatic heterocycles. The van der Waals surface area contributed by atoms with E-state index >= 15 is 0 Å². The van der Waals surface area contributed by atoms with E-state index in [1.807, 2.05) is 12.1 Å². The molecule has 1 aliphatic carbocycles. The fraction of sp³-hybridized carbons (Fsp3) is 0.450. The fourth-order valence-electron chi connectivity index (χ4n) is 3.83. The first-order chi connectivity index (χ1) is 13.5. The van der Waals surface area contributed by atoms with E-state index in [0.717, 1.165) is 36.8 Å². The second-order valence-corrected chi connectivity index (χ2v) is 9.14. The minimum atomic E-state index is -3.57. The van der Waals surface area contributed by atoms with Gasteiger partial charge in [-0.25, -0.2) is 9.97 Å². The molecule has 1 saturated carbocycles. The standard InChI is InChI=1S/C20H23N5O2S/c1-2-15-13-18(22-19(21-15)14-7-8-14)24-9-11-25(12-10-24)20-16-5-3-4-6-17(16)28(26,27)23-20/h3-6,13-14H,2,7-12H2,1H3. The van der Waals surface area contributed by atoms with Gasteiger partial charge in [-0.1, -0.05) is 19.1 Å². The van der Waals surface area contributed by atoms with Crippen molar-refractivity contribution < 1.29 is 8.42 Å². The van der Waals surface area contributed by atoms with Crippen LogP contribution < -0.4 is 4.90 Å². The molecule has 146 valence electrons. The Bertz CT molecular complexity index is 1050. The average Bonchev–Trinajstić information content (AvgIpc) is 3.54. The van der Waals surface area contributed by atoms with Crippen LogP contribution in [0.3, 0.4) is 0 Å². The molecule has 3 heterocycles. The van der Waals surface area contributed by atoms with Gasteiger partial charge in [-0.3, -0.25) is 0 Å². The lowest BCUT2D eigenvalue weighted by Gasteiger charge is -2.36.